The normalized spacial score (nSPS) is 17.5. The van der Waals surface area contributed by atoms with Crippen molar-refractivity contribution in [2.45, 2.75) is 89.0 Å². The van der Waals surface area contributed by atoms with Gasteiger partial charge in [0.1, 0.15) is 0 Å². The average molecular weight is 348 g/mol. The van der Waals surface area contributed by atoms with Crippen LogP contribution in [0, 0.1) is 0 Å². The zero-order chi connectivity index (χ0) is 18.1. The zero-order valence-corrected chi connectivity index (χ0v) is 16.0. The lowest BCUT2D eigenvalue weighted by Crippen LogP contribution is -2.48. The lowest BCUT2D eigenvalue weighted by atomic mass is 9.76. The lowest BCUT2D eigenvalue weighted by Gasteiger charge is -2.33. The number of aliphatic hydroxyl groups is 2. The molecule has 1 aromatic carbocycles. The molecule has 1 aromatic rings. The summed E-state index contributed by atoms with van der Waals surface area (Å²) in [7, 11) is 0. The third-order valence-electron chi connectivity index (χ3n) is 5.75. The molecule has 0 amide bonds. The fourth-order valence-electron chi connectivity index (χ4n) is 4.12. The Labute approximate surface area is 153 Å². The minimum absolute atomic E-state index is 0.161. The number of rotatable bonds is 11. The Morgan fingerprint density at radius 1 is 1.08 bits per heavy atom. The first-order chi connectivity index (χ1) is 12.1. The summed E-state index contributed by atoms with van der Waals surface area (Å²) in [6, 6.07) is 6.95. The number of hydrogen-bond donors (Lipinski definition) is 3. The summed E-state index contributed by atoms with van der Waals surface area (Å²) in [5, 5.41) is 19.0. The van der Waals surface area contributed by atoms with Crippen LogP contribution in [0.4, 0.5) is 0 Å². The first-order valence-electron chi connectivity index (χ1n) is 10.2. The Kier molecular flexibility index (Phi) is 8.41. The molecule has 4 N–H and O–H groups in total. The highest BCUT2D eigenvalue weighted by molar-refractivity contribution is 5.37. The SMILES string of the molecule is CCCCCCCCc1ccc2c(c1)CCCC2CC(N)(CO)CO. The van der Waals surface area contributed by atoms with Crippen LogP contribution in [0.15, 0.2) is 18.2 Å². The number of aryl methyl sites for hydroxylation is 2. The second-order valence-electron chi connectivity index (χ2n) is 8.02. The summed E-state index contributed by atoms with van der Waals surface area (Å²) in [6.45, 7) is 1.94. The quantitative estimate of drug-likeness (QED) is 0.528. The molecular weight excluding hydrogens is 310 g/mol. The van der Waals surface area contributed by atoms with Crippen molar-refractivity contribution in [2.75, 3.05) is 13.2 Å². The molecule has 0 aliphatic heterocycles. The molecule has 0 heterocycles. The molecule has 1 atom stereocenters. The molecule has 3 heteroatoms. The van der Waals surface area contributed by atoms with Crippen LogP contribution in [0.3, 0.4) is 0 Å². The van der Waals surface area contributed by atoms with Crippen molar-refractivity contribution in [3.05, 3.63) is 34.9 Å². The maximum atomic E-state index is 9.50. The van der Waals surface area contributed by atoms with Crippen LogP contribution in [-0.2, 0) is 12.8 Å². The predicted molar refractivity (Wildman–Crippen MR) is 105 cm³/mol. The van der Waals surface area contributed by atoms with Gasteiger partial charge in [0.15, 0.2) is 0 Å². The Morgan fingerprint density at radius 2 is 1.80 bits per heavy atom. The van der Waals surface area contributed by atoms with Crippen molar-refractivity contribution in [1.82, 2.24) is 0 Å². The largest absolute Gasteiger partial charge is 0.394 e. The topological polar surface area (TPSA) is 66.5 Å². The maximum absolute atomic E-state index is 9.50. The standard InChI is InChI=1S/C22H37NO2/c1-2-3-4-5-6-7-9-18-12-13-21-19(14-18)10-8-11-20(21)15-22(23,16-24)17-25/h12-14,20,24-25H,2-11,15-17,23H2,1H3. The zero-order valence-electron chi connectivity index (χ0n) is 16.0. The molecule has 1 aliphatic carbocycles. The highest BCUT2D eigenvalue weighted by Crippen LogP contribution is 2.37. The number of unbranched alkanes of at least 4 members (excludes halogenated alkanes) is 5. The summed E-state index contributed by atoms with van der Waals surface area (Å²) in [5.74, 6) is 0.358. The molecule has 0 saturated heterocycles. The Morgan fingerprint density at radius 3 is 2.52 bits per heavy atom. The summed E-state index contributed by atoms with van der Waals surface area (Å²) in [6.07, 6.45) is 13.3. The number of nitrogens with two attached hydrogens (primary N) is 1. The van der Waals surface area contributed by atoms with E-state index in [4.69, 9.17) is 5.73 Å². The van der Waals surface area contributed by atoms with Crippen molar-refractivity contribution in [3.8, 4) is 0 Å². The van der Waals surface area contributed by atoms with Gasteiger partial charge in [-0.1, -0.05) is 57.2 Å². The first kappa shape index (κ1) is 20.4. The second-order valence-corrected chi connectivity index (χ2v) is 8.02. The minimum Gasteiger partial charge on any atom is -0.394 e. The average Bonchev–Trinajstić information content (AvgIpc) is 2.64. The van der Waals surface area contributed by atoms with Gasteiger partial charge in [-0.25, -0.2) is 0 Å². The number of benzene rings is 1. The predicted octanol–water partition coefficient (Wildman–Crippen LogP) is 4.08. The summed E-state index contributed by atoms with van der Waals surface area (Å²) < 4.78 is 0. The molecule has 0 aromatic heterocycles. The molecule has 25 heavy (non-hydrogen) atoms. The molecule has 142 valence electrons. The van der Waals surface area contributed by atoms with E-state index in [1.165, 1.54) is 68.1 Å². The van der Waals surface area contributed by atoms with Gasteiger partial charge in [-0.3, -0.25) is 0 Å². The molecule has 1 aliphatic rings. The van der Waals surface area contributed by atoms with Gasteiger partial charge in [0.05, 0.1) is 18.8 Å². The van der Waals surface area contributed by atoms with Gasteiger partial charge in [0.25, 0.3) is 0 Å². The minimum atomic E-state index is -0.865. The van der Waals surface area contributed by atoms with Crippen molar-refractivity contribution in [1.29, 1.82) is 0 Å². The molecule has 0 saturated carbocycles. The summed E-state index contributed by atoms with van der Waals surface area (Å²) in [4.78, 5) is 0. The van der Waals surface area contributed by atoms with Crippen LogP contribution in [0.25, 0.3) is 0 Å². The van der Waals surface area contributed by atoms with Gasteiger partial charge < -0.3 is 15.9 Å². The van der Waals surface area contributed by atoms with E-state index < -0.39 is 5.54 Å². The van der Waals surface area contributed by atoms with Gasteiger partial charge in [0, 0.05) is 0 Å². The van der Waals surface area contributed by atoms with Gasteiger partial charge in [-0.2, -0.15) is 0 Å². The Balaban J connectivity index is 1.92. The van der Waals surface area contributed by atoms with Crippen molar-refractivity contribution < 1.29 is 10.2 Å². The Bertz CT molecular complexity index is 511. The maximum Gasteiger partial charge on any atom is 0.0633 e. The van der Waals surface area contributed by atoms with Gasteiger partial charge in [-0.15, -0.1) is 0 Å². The fourth-order valence-corrected chi connectivity index (χ4v) is 4.12. The van der Waals surface area contributed by atoms with Gasteiger partial charge >= 0.3 is 0 Å². The van der Waals surface area contributed by atoms with E-state index in [2.05, 4.69) is 25.1 Å². The van der Waals surface area contributed by atoms with E-state index in [1.54, 1.807) is 0 Å². The molecular formula is C22H37NO2. The molecule has 0 bridgehead atoms. The van der Waals surface area contributed by atoms with Crippen molar-refractivity contribution in [3.63, 3.8) is 0 Å². The lowest BCUT2D eigenvalue weighted by molar-refractivity contribution is 0.107. The van der Waals surface area contributed by atoms with Crippen LogP contribution < -0.4 is 5.73 Å². The van der Waals surface area contributed by atoms with Crippen LogP contribution in [-0.4, -0.2) is 29.0 Å². The summed E-state index contributed by atoms with van der Waals surface area (Å²) >= 11 is 0. The van der Waals surface area contributed by atoms with E-state index in [0.717, 1.165) is 12.8 Å². The highest BCUT2D eigenvalue weighted by atomic mass is 16.3. The van der Waals surface area contributed by atoms with E-state index in [1.807, 2.05) is 0 Å². The number of fused-ring (bicyclic) bond motifs is 1. The van der Waals surface area contributed by atoms with E-state index in [0.29, 0.717) is 12.3 Å². The van der Waals surface area contributed by atoms with Crippen LogP contribution in [0.5, 0.6) is 0 Å². The molecule has 0 fully saturated rings. The van der Waals surface area contributed by atoms with Crippen molar-refractivity contribution >= 4 is 0 Å². The van der Waals surface area contributed by atoms with Crippen molar-refractivity contribution in [2.24, 2.45) is 5.73 Å². The molecule has 0 radical (unpaired) electrons. The van der Waals surface area contributed by atoms with Crippen LogP contribution >= 0.6 is 0 Å². The van der Waals surface area contributed by atoms with E-state index in [9.17, 15) is 10.2 Å². The third kappa shape index (κ3) is 6.09. The van der Waals surface area contributed by atoms with E-state index in [-0.39, 0.29) is 13.2 Å². The smallest absolute Gasteiger partial charge is 0.0633 e. The van der Waals surface area contributed by atoms with Gasteiger partial charge in [0.2, 0.25) is 0 Å². The summed E-state index contributed by atoms with van der Waals surface area (Å²) in [5.41, 5.74) is 9.56. The first-order valence-corrected chi connectivity index (χ1v) is 10.2. The third-order valence-corrected chi connectivity index (χ3v) is 5.75. The van der Waals surface area contributed by atoms with Gasteiger partial charge in [-0.05, 0) is 61.1 Å². The Hall–Kier alpha value is -0.900. The second kappa shape index (κ2) is 10.3. The molecule has 1 unspecified atom stereocenters. The molecule has 2 rings (SSSR count). The fraction of sp³-hybridized carbons (Fsp3) is 0.727. The molecule has 3 nitrogen and oxygen atoms in total. The molecule has 0 spiro atoms. The van der Waals surface area contributed by atoms with Crippen LogP contribution in [0.1, 0.15) is 87.3 Å². The monoisotopic (exact) mass is 347 g/mol. The van der Waals surface area contributed by atoms with Crippen LogP contribution in [0.2, 0.25) is 0 Å². The number of hydrogen-bond acceptors (Lipinski definition) is 3. The van der Waals surface area contributed by atoms with E-state index >= 15 is 0 Å². The number of aliphatic hydroxyl groups excluding tert-OH is 2. The highest BCUT2D eigenvalue weighted by Gasteiger charge is 2.30.